The number of ether oxygens (including phenoxy) is 1. The number of aryl methyl sites for hydroxylation is 1. The number of imidazole rings is 1. The van der Waals surface area contributed by atoms with Crippen LogP contribution in [-0.4, -0.2) is 20.6 Å². The Balaban J connectivity index is 1.35. The standard InChI is InChI=1S/C23H27N5O2/c1-16(18-6-5-8-20(14-18)30-15-19-7-3-4-11-24-19)26-23(29)27-21(17-9-10-17)22-25-12-13-28(22)2/h3-8,11-14,16-17,21H,9-10,15H2,1-2H3,(H2,26,27,29). The summed E-state index contributed by atoms with van der Waals surface area (Å²) in [5.74, 6) is 2.09. The van der Waals surface area contributed by atoms with Gasteiger partial charge in [-0.1, -0.05) is 18.2 Å². The highest BCUT2D eigenvalue weighted by Crippen LogP contribution is 2.40. The summed E-state index contributed by atoms with van der Waals surface area (Å²) in [6, 6.07) is 13.1. The first-order chi connectivity index (χ1) is 14.6. The van der Waals surface area contributed by atoms with Crippen LogP contribution in [0.5, 0.6) is 5.75 Å². The molecule has 1 saturated carbocycles. The van der Waals surface area contributed by atoms with Crippen molar-refractivity contribution in [3.05, 3.63) is 78.1 Å². The summed E-state index contributed by atoms with van der Waals surface area (Å²) in [5, 5.41) is 6.15. The molecule has 3 aromatic rings. The van der Waals surface area contributed by atoms with E-state index in [-0.39, 0.29) is 18.1 Å². The lowest BCUT2D eigenvalue weighted by Gasteiger charge is -2.21. The van der Waals surface area contributed by atoms with Crippen molar-refractivity contribution >= 4 is 6.03 Å². The first-order valence-electron chi connectivity index (χ1n) is 10.3. The fourth-order valence-electron chi connectivity index (χ4n) is 3.48. The third-order valence-electron chi connectivity index (χ3n) is 5.34. The lowest BCUT2D eigenvalue weighted by molar-refractivity contribution is 0.231. The largest absolute Gasteiger partial charge is 0.487 e. The van der Waals surface area contributed by atoms with Gasteiger partial charge in [-0.15, -0.1) is 0 Å². The molecule has 30 heavy (non-hydrogen) atoms. The number of amides is 2. The summed E-state index contributed by atoms with van der Waals surface area (Å²) >= 11 is 0. The van der Waals surface area contributed by atoms with Crippen LogP contribution in [0.25, 0.3) is 0 Å². The van der Waals surface area contributed by atoms with Gasteiger partial charge in [0.25, 0.3) is 0 Å². The molecule has 1 aliphatic rings. The van der Waals surface area contributed by atoms with E-state index >= 15 is 0 Å². The predicted octanol–water partition coefficient (Wildman–Crippen LogP) is 3.91. The van der Waals surface area contributed by atoms with Crippen molar-refractivity contribution in [1.82, 2.24) is 25.2 Å². The summed E-state index contributed by atoms with van der Waals surface area (Å²) in [6.07, 6.45) is 7.65. The topological polar surface area (TPSA) is 81.1 Å². The Labute approximate surface area is 176 Å². The Morgan fingerprint density at radius 2 is 2.03 bits per heavy atom. The number of hydrogen-bond donors (Lipinski definition) is 2. The van der Waals surface area contributed by atoms with Crippen molar-refractivity contribution in [2.45, 2.75) is 38.5 Å². The molecule has 2 unspecified atom stereocenters. The second-order valence-electron chi connectivity index (χ2n) is 7.73. The van der Waals surface area contributed by atoms with Gasteiger partial charge in [-0.3, -0.25) is 4.98 Å². The number of hydrogen-bond acceptors (Lipinski definition) is 4. The number of carbonyl (C=O) groups excluding carboxylic acids is 1. The maximum absolute atomic E-state index is 12.7. The number of rotatable bonds is 8. The number of aromatic nitrogens is 3. The number of nitrogens with one attached hydrogen (secondary N) is 2. The molecule has 2 amide bonds. The minimum Gasteiger partial charge on any atom is -0.487 e. The number of nitrogens with zero attached hydrogens (tertiary/aromatic N) is 3. The van der Waals surface area contributed by atoms with Gasteiger partial charge in [0, 0.05) is 25.6 Å². The lowest BCUT2D eigenvalue weighted by atomic mass is 10.1. The van der Waals surface area contributed by atoms with E-state index in [1.165, 1.54) is 0 Å². The predicted molar refractivity (Wildman–Crippen MR) is 114 cm³/mol. The molecule has 2 atom stereocenters. The lowest BCUT2D eigenvalue weighted by Crippen LogP contribution is -2.40. The minimum atomic E-state index is -0.192. The Morgan fingerprint density at radius 3 is 2.73 bits per heavy atom. The molecular weight excluding hydrogens is 378 g/mol. The monoisotopic (exact) mass is 405 g/mol. The van der Waals surface area contributed by atoms with Crippen molar-refractivity contribution in [2.24, 2.45) is 13.0 Å². The van der Waals surface area contributed by atoms with Crippen LogP contribution in [0.1, 0.15) is 48.9 Å². The highest BCUT2D eigenvalue weighted by Gasteiger charge is 2.35. The second-order valence-corrected chi connectivity index (χ2v) is 7.73. The second kappa shape index (κ2) is 8.98. The Hall–Kier alpha value is -3.35. The number of benzene rings is 1. The zero-order valence-corrected chi connectivity index (χ0v) is 17.3. The van der Waals surface area contributed by atoms with Gasteiger partial charge < -0.3 is 19.9 Å². The molecule has 156 valence electrons. The van der Waals surface area contributed by atoms with Crippen LogP contribution in [-0.2, 0) is 13.7 Å². The molecular formula is C23H27N5O2. The molecule has 0 bridgehead atoms. The molecule has 7 heteroatoms. The van der Waals surface area contributed by atoms with Gasteiger partial charge in [0.1, 0.15) is 18.2 Å². The number of carbonyl (C=O) groups is 1. The van der Waals surface area contributed by atoms with Crippen molar-refractivity contribution < 1.29 is 9.53 Å². The fraction of sp³-hybridized carbons (Fsp3) is 0.348. The van der Waals surface area contributed by atoms with Crippen molar-refractivity contribution in [2.75, 3.05) is 0 Å². The number of pyridine rings is 1. The molecule has 0 radical (unpaired) electrons. The van der Waals surface area contributed by atoms with Crippen LogP contribution in [0.3, 0.4) is 0 Å². The molecule has 2 N–H and O–H groups in total. The van der Waals surface area contributed by atoms with Gasteiger partial charge in [0.05, 0.1) is 17.8 Å². The van der Waals surface area contributed by atoms with E-state index in [9.17, 15) is 4.79 Å². The van der Waals surface area contributed by atoms with Crippen molar-refractivity contribution in [1.29, 1.82) is 0 Å². The molecule has 0 aliphatic heterocycles. The van der Waals surface area contributed by atoms with Crippen LogP contribution in [0.4, 0.5) is 4.79 Å². The van der Waals surface area contributed by atoms with E-state index in [2.05, 4.69) is 20.6 Å². The first kappa shape index (κ1) is 19.9. The number of urea groups is 1. The zero-order chi connectivity index (χ0) is 20.9. The summed E-state index contributed by atoms with van der Waals surface area (Å²) in [5.41, 5.74) is 1.84. The summed E-state index contributed by atoms with van der Waals surface area (Å²) < 4.78 is 7.82. The summed E-state index contributed by atoms with van der Waals surface area (Å²) in [4.78, 5) is 21.4. The van der Waals surface area contributed by atoms with E-state index in [0.717, 1.165) is 35.7 Å². The highest BCUT2D eigenvalue weighted by atomic mass is 16.5. The molecule has 1 fully saturated rings. The summed E-state index contributed by atoms with van der Waals surface area (Å²) in [7, 11) is 1.95. The van der Waals surface area contributed by atoms with Crippen LogP contribution >= 0.6 is 0 Å². The van der Waals surface area contributed by atoms with E-state index in [0.29, 0.717) is 12.5 Å². The van der Waals surface area contributed by atoms with Gasteiger partial charge >= 0.3 is 6.03 Å². The molecule has 7 nitrogen and oxygen atoms in total. The van der Waals surface area contributed by atoms with Gasteiger partial charge in [-0.2, -0.15) is 0 Å². The third-order valence-corrected chi connectivity index (χ3v) is 5.34. The summed E-state index contributed by atoms with van der Waals surface area (Å²) in [6.45, 7) is 2.36. The fourth-order valence-corrected chi connectivity index (χ4v) is 3.48. The van der Waals surface area contributed by atoms with Gasteiger partial charge in [-0.25, -0.2) is 9.78 Å². The van der Waals surface area contributed by atoms with Crippen molar-refractivity contribution in [3.8, 4) is 5.75 Å². The van der Waals surface area contributed by atoms with Gasteiger partial charge in [0.2, 0.25) is 0 Å². The van der Waals surface area contributed by atoms with E-state index in [4.69, 9.17) is 4.74 Å². The maximum Gasteiger partial charge on any atom is 0.315 e. The van der Waals surface area contributed by atoms with E-state index in [1.807, 2.05) is 67.2 Å². The SMILES string of the molecule is CC(NC(=O)NC(c1nccn1C)C1CC1)c1cccc(OCc2ccccn2)c1. The Bertz CT molecular complexity index is 984. The molecule has 1 aliphatic carbocycles. The average molecular weight is 406 g/mol. The zero-order valence-electron chi connectivity index (χ0n) is 17.3. The van der Waals surface area contributed by atoms with E-state index in [1.54, 1.807) is 12.4 Å². The average Bonchev–Trinajstić information content (AvgIpc) is 3.52. The highest BCUT2D eigenvalue weighted by molar-refractivity contribution is 5.75. The molecule has 1 aromatic carbocycles. The van der Waals surface area contributed by atoms with Crippen LogP contribution in [0.15, 0.2) is 61.1 Å². The van der Waals surface area contributed by atoms with Crippen LogP contribution in [0, 0.1) is 5.92 Å². The third kappa shape index (κ3) is 4.97. The molecule has 2 aromatic heterocycles. The normalized spacial score (nSPS) is 15.3. The Morgan fingerprint density at radius 1 is 1.17 bits per heavy atom. The van der Waals surface area contributed by atoms with Crippen LogP contribution < -0.4 is 15.4 Å². The van der Waals surface area contributed by atoms with E-state index < -0.39 is 0 Å². The molecule has 0 spiro atoms. The van der Waals surface area contributed by atoms with Crippen LogP contribution in [0.2, 0.25) is 0 Å². The quantitative estimate of drug-likeness (QED) is 0.595. The Kier molecular flexibility index (Phi) is 5.97. The smallest absolute Gasteiger partial charge is 0.315 e. The molecule has 2 heterocycles. The van der Waals surface area contributed by atoms with Gasteiger partial charge in [-0.05, 0) is 55.5 Å². The van der Waals surface area contributed by atoms with Crippen molar-refractivity contribution in [3.63, 3.8) is 0 Å². The molecule has 0 saturated heterocycles. The maximum atomic E-state index is 12.7. The van der Waals surface area contributed by atoms with Gasteiger partial charge in [0.15, 0.2) is 0 Å². The molecule has 4 rings (SSSR count). The minimum absolute atomic E-state index is 0.0646. The first-order valence-corrected chi connectivity index (χ1v) is 10.3.